The van der Waals surface area contributed by atoms with Crippen molar-refractivity contribution in [3.8, 4) is 0 Å². The number of amides is 1. The summed E-state index contributed by atoms with van der Waals surface area (Å²) < 4.78 is 13.1. The molecule has 0 aliphatic carbocycles. The normalized spacial score (nSPS) is 20.4. The molecule has 1 aromatic rings. The maximum Gasteiger partial charge on any atom is 0.253 e. The fraction of sp³-hybridized carbons (Fsp3) is 0.600. The van der Waals surface area contributed by atoms with Crippen LogP contribution in [0.4, 0.5) is 4.39 Å². The second-order valence-corrected chi connectivity index (χ2v) is 7.14. The summed E-state index contributed by atoms with van der Waals surface area (Å²) in [6.07, 6.45) is 1.61. The van der Waals surface area contributed by atoms with Crippen molar-refractivity contribution >= 4 is 11.9 Å². The van der Waals surface area contributed by atoms with Gasteiger partial charge in [-0.05, 0) is 62.8 Å². The Morgan fingerprint density at radius 1 is 1.19 bits per heavy atom. The zero-order valence-corrected chi connectivity index (χ0v) is 15.7. The van der Waals surface area contributed by atoms with E-state index in [1.54, 1.807) is 4.90 Å². The predicted octanol–water partition coefficient (Wildman–Crippen LogP) is 0.359. The third kappa shape index (κ3) is 5.53. The molecule has 0 unspecified atom stereocenters. The lowest BCUT2D eigenvalue weighted by Crippen LogP contribution is -3.11. The summed E-state index contributed by atoms with van der Waals surface area (Å²) in [6, 6.07) is 5.58. The van der Waals surface area contributed by atoms with Crippen molar-refractivity contribution in [1.82, 2.24) is 4.90 Å². The van der Waals surface area contributed by atoms with E-state index in [0.29, 0.717) is 25.1 Å². The Morgan fingerprint density at radius 3 is 2.42 bits per heavy atom. The van der Waals surface area contributed by atoms with Gasteiger partial charge >= 0.3 is 0 Å². The maximum atomic E-state index is 13.1. The molecule has 1 saturated heterocycles. The molecule has 1 heterocycles. The third-order valence-electron chi connectivity index (χ3n) is 5.57. The third-order valence-corrected chi connectivity index (χ3v) is 5.57. The molecule has 1 N–H and O–H groups in total. The van der Waals surface area contributed by atoms with Gasteiger partial charge in [0.1, 0.15) is 5.82 Å². The first kappa shape index (κ1) is 20.4. The highest BCUT2D eigenvalue weighted by Gasteiger charge is 2.32. The minimum Gasteiger partial charge on any atom is -0.550 e. The van der Waals surface area contributed by atoms with Gasteiger partial charge in [-0.1, -0.05) is 0 Å². The number of carbonyl (C=O) groups excluding carboxylic acids is 2. The summed E-state index contributed by atoms with van der Waals surface area (Å²) in [6.45, 7) is 8.40. The van der Waals surface area contributed by atoms with Crippen LogP contribution in [0.2, 0.25) is 0 Å². The summed E-state index contributed by atoms with van der Waals surface area (Å²) in [7, 11) is 0. The number of likely N-dealkylation sites (tertiary alicyclic amines) is 1. The Morgan fingerprint density at radius 2 is 1.85 bits per heavy atom. The molecule has 2 atom stereocenters. The van der Waals surface area contributed by atoms with E-state index in [2.05, 4.69) is 13.8 Å². The lowest BCUT2D eigenvalue weighted by atomic mass is 9.81. The minimum absolute atomic E-state index is 0.0484. The number of piperidine rings is 1. The van der Waals surface area contributed by atoms with E-state index >= 15 is 0 Å². The SMILES string of the molecule is CC[NH+](CC)CC[C@H]1CN(C(=O)c2ccc(F)cc2)CC[C@H]1CC(=O)[O-]. The van der Waals surface area contributed by atoms with Crippen molar-refractivity contribution in [3.63, 3.8) is 0 Å². The molecule has 1 aromatic carbocycles. The molecule has 0 radical (unpaired) electrons. The van der Waals surface area contributed by atoms with E-state index in [1.807, 2.05) is 0 Å². The van der Waals surface area contributed by atoms with Crippen LogP contribution in [0.5, 0.6) is 0 Å². The topological polar surface area (TPSA) is 64.9 Å². The average molecular weight is 364 g/mol. The second kappa shape index (κ2) is 9.67. The minimum atomic E-state index is -1.02. The van der Waals surface area contributed by atoms with Crippen LogP contribution in [0.15, 0.2) is 24.3 Å². The van der Waals surface area contributed by atoms with Gasteiger partial charge in [-0.25, -0.2) is 4.39 Å². The van der Waals surface area contributed by atoms with Crippen LogP contribution in [-0.2, 0) is 4.79 Å². The number of aliphatic carboxylic acids is 1. The highest BCUT2D eigenvalue weighted by Crippen LogP contribution is 2.29. The molecule has 1 fully saturated rings. The Hall–Kier alpha value is -1.95. The van der Waals surface area contributed by atoms with Crippen molar-refractivity contribution in [2.24, 2.45) is 11.8 Å². The van der Waals surface area contributed by atoms with Crippen molar-refractivity contribution in [2.45, 2.75) is 33.1 Å². The van der Waals surface area contributed by atoms with Gasteiger partial charge in [-0.3, -0.25) is 4.79 Å². The highest BCUT2D eigenvalue weighted by molar-refractivity contribution is 5.94. The van der Waals surface area contributed by atoms with Gasteiger partial charge in [0.2, 0.25) is 0 Å². The number of hydrogen-bond acceptors (Lipinski definition) is 3. The van der Waals surface area contributed by atoms with Crippen molar-refractivity contribution in [2.75, 3.05) is 32.7 Å². The number of nitrogens with zero attached hydrogens (tertiary/aromatic N) is 1. The molecule has 1 aliphatic rings. The van der Waals surface area contributed by atoms with Gasteiger partial charge in [0, 0.05) is 31.0 Å². The van der Waals surface area contributed by atoms with Gasteiger partial charge in [0.05, 0.1) is 19.6 Å². The Labute approximate surface area is 154 Å². The number of carboxylic acid groups (broad SMARTS) is 1. The number of quaternary nitrogens is 1. The monoisotopic (exact) mass is 364 g/mol. The molecule has 0 spiro atoms. The molecule has 0 saturated carbocycles. The van der Waals surface area contributed by atoms with Crippen molar-refractivity contribution < 1.29 is 24.0 Å². The zero-order chi connectivity index (χ0) is 19.1. The van der Waals surface area contributed by atoms with Crippen LogP contribution in [0.1, 0.15) is 43.5 Å². The molecule has 6 heteroatoms. The summed E-state index contributed by atoms with van der Waals surface area (Å²) in [5.41, 5.74) is 0.470. The Balaban J connectivity index is 2.05. The van der Waals surface area contributed by atoms with E-state index in [9.17, 15) is 19.1 Å². The number of nitrogens with one attached hydrogen (secondary N) is 1. The van der Waals surface area contributed by atoms with Crippen LogP contribution in [-0.4, -0.2) is 49.5 Å². The molecule has 26 heavy (non-hydrogen) atoms. The number of halogens is 1. The van der Waals surface area contributed by atoms with Crippen molar-refractivity contribution in [1.29, 1.82) is 0 Å². The molecule has 5 nitrogen and oxygen atoms in total. The Kier molecular flexibility index (Phi) is 7.57. The molecule has 0 bridgehead atoms. The van der Waals surface area contributed by atoms with E-state index < -0.39 is 5.97 Å². The van der Waals surface area contributed by atoms with Crippen molar-refractivity contribution in [3.05, 3.63) is 35.6 Å². The number of rotatable bonds is 8. The lowest BCUT2D eigenvalue weighted by Gasteiger charge is -2.39. The molecular formula is C20H29FN2O3. The molecule has 0 aromatic heterocycles. The van der Waals surface area contributed by atoms with Crippen LogP contribution in [0, 0.1) is 17.7 Å². The van der Waals surface area contributed by atoms with Gasteiger partial charge in [-0.2, -0.15) is 0 Å². The second-order valence-electron chi connectivity index (χ2n) is 7.14. The largest absolute Gasteiger partial charge is 0.550 e. The van der Waals surface area contributed by atoms with E-state index in [4.69, 9.17) is 0 Å². The lowest BCUT2D eigenvalue weighted by molar-refractivity contribution is -0.897. The molecule has 1 amide bonds. The summed E-state index contributed by atoms with van der Waals surface area (Å²) in [4.78, 5) is 27.1. The smallest absolute Gasteiger partial charge is 0.253 e. The maximum absolute atomic E-state index is 13.1. The zero-order valence-electron chi connectivity index (χ0n) is 15.7. The fourth-order valence-corrected chi connectivity index (χ4v) is 3.84. The Bertz CT molecular complexity index is 602. The summed E-state index contributed by atoms with van der Waals surface area (Å²) in [5, 5.41) is 11.1. The molecule has 144 valence electrons. The first-order valence-corrected chi connectivity index (χ1v) is 9.52. The number of carboxylic acids is 1. The highest BCUT2D eigenvalue weighted by atomic mass is 19.1. The number of hydrogen-bond donors (Lipinski definition) is 1. The van der Waals surface area contributed by atoms with E-state index in [-0.39, 0.29) is 30.0 Å². The van der Waals surface area contributed by atoms with Gasteiger partial charge in [-0.15, -0.1) is 0 Å². The van der Waals surface area contributed by atoms with Gasteiger partial charge in [0.15, 0.2) is 0 Å². The van der Waals surface area contributed by atoms with Crippen LogP contribution < -0.4 is 10.0 Å². The summed E-state index contributed by atoms with van der Waals surface area (Å²) >= 11 is 0. The molecule has 2 rings (SSSR count). The molecular weight excluding hydrogens is 335 g/mol. The van der Waals surface area contributed by atoms with Crippen LogP contribution in [0.25, 0.3) is 0 Å². The van der Waals surface area contributed by atoms with Gasteiger partial charge in [0.25, 0.3) is 5.91 Å². The van der Waals surface area contributed by atoms with Crippen LogP contribution >= 0.6 is 0 Å². The van der Waals surface area contributed by atoms with Gasteiger partial charge < -0.3 is 19.7 Å². The predicted molar refractivity (Wildman–Crippen MR) is 95.1 cm³/mol. The van der Waals surface area contributed by atoms with Crippen LogP contribution in [0.3, 0.4) is 0 Å². The van der Waals surface area contributed by atoms with E-state index in [0.717, 1.165) is 26.1 Å². The number of benzene rings is 1. The molecule has 1 aliphatic heterocycles. The van der Waals surface area contributed by atoms with E-state index in [1.165, 1.54) is 29.2 Å². The average Bonchev–Trinajstić information content (AvgIpc) is 2.63. The first-order chi connectivity index (χ1) is 12.4. The quantitative estimate of drug-likeness (QED) is 0.724. The first-order valence-electron chi connectivity index (χ1n) is 9.52. The number of carbonyl (C=O) groups is 2. The summed E-state index contributed by atoms with van der Waals surface area (Å²) in [5.74, 6) is -1.30. The fourth-order valence-electron chi connectivity index (χ4n) is 3.84. The standard InChI is InChI=1S/C20H29FN2O3/c1-3-22(4-2)11-9-17-14-23(12-10-16(17)13-19(24)25)20(26)15-5-7-18(21)8-6-15/h5-8,16-17H,3-4,9-14H2,1-2H3,(H,24,25)/t16-,17-/m0/s1.